The van der Waals surface area contributed by atoms with E-state index in [1.807, 2.05) is 4.90 Å². The van der Waals surface area contributed by atoms with E-state index < -0.39 is 17.8 Å². The van der Waals surface area contributed by atoms with E-state index in [1.165, 1.54) is 12.1 Å². The number of alkyl halides is 3. The van der Waals surface area contributed by atoms with Gasteiger partial charge in [0.1, 0.15) is 0 Å². The van der Waals surface area contributed by atoms with Crippen molar-refractivity contribution in [1.29, 1.82) is 0 Å². The van der Waals surface area contributed by atoms with Gasteiger partial charge in [0.05, 0.1) is 24.1 Å². The normalized spacial score (nSPS) is 17.6. The van der Waals surface area contributed by atoms with E-state index in [-0.39, 0.29) is 23.5 Å². The zero-order valence-electron chi connectivity index (χ0n) is 14.8. The molecule has 0 spiro atoms. The molecule has 0 aromatic heterocycles. The highest BCUT2D eigenvalue weighted by Crippen LogP contribution is 2.30. The first-order chi connectivity index (χ1) is 12.2. The fourth-order valence-electron chi connectivity index (χ4n) is 2.97. The van der Waals surface area contributed by atoms with Gasteiger partial charge in [-0.25, -0.2) is 0 Å². The first kappa shape index (κ1) is 20.2. The molecule has 1 heterocycles. The fraction of sp³-hybridized carbons (Fsp3) is 0.556. The summed E-state index contributed by atoms with van der Waals surface area (Å²) in [6.07, 6.45) is -3.26. The van der Waals surface area contributed by atoms with E-state index >= 15 is 0 Å². The van der Waals surface area contributed by atoms with Gasteiger partial charge in [-0.05, 0) is 58.0 Å². The van der Waals surface area contributed by atoms with E-state index in [0.717, 1.165) is 12.1 Å². The Hall–Kier alpha value is -2.09. The van der Waals surface area contributed by atoms with Crippen molar-refractivity contribution in [3.8, 4) is 0 Å². The summed E-state index contributed by atoms with van der Waals surface area (Å²) in [6.45, 7) is 4.91. The molecule has 1 aliphatic rings. The van der Waals surface area contributed by atoms with Gasteiger partial charge in [0, 0.05) is 5.69 Å². The van der Waals surface area contributed by atoms with Crippen LogP contribution in [0.5, 0.6) is 0 Å². The number of anilines is 1. The van der Waals surface area contributed by atoms with Gasteiger partial charge in [-0.3, -0.25) is 14.5 Å². The predicted octanol–water partition coefficient (Wildman–Crippen LogP) is 3.31. The molecule has 5 nitrogen and oxygen atoms in total. The number of likely N-dealkylation sites (tertiary alicyclic amines) is 1. The van der Waals surface area contributed by atoms with Gasteiger partial charge in [0.2, 0.25) is 5.91 Å². The number of nitrogens with one attached hydrogen (secondary N) is 1. The summed E-state index contributed by atoms with van der Waals surface area (Å²) in [4.78, 5) is 26.0. The molecule has 8 heteroatoms. The van der Waals surface area contributed by atoms with Crippen LogP contribution in [0, 0.1) is 5.92 Å². The number of hydrogen-bond acceptors (Lipinski definition) is 4. The van der Waals surface area contributed by atoms with Crippen LogP contribution < -0.4 is 5.32 Å². The minimum absolute atomic E-state index is 0.109. The maximum absolute atomic E-state index is 12.8. The molecular weight excluding hydrogens is 349 g/mol. The number of carbonyl (C=O) groups excluding carboxylic acids is 2. The predicted molar refractivity (Wildman–Crippen MR) is 90.5 cm³/mol. The number of rotatable bonds is 5. The largest absolute Gasteiger partial charge is 0.466 e. The molecule has 1 aromatic carbocycles. The van der Waals surface area contributed by atoms with Crippen molar-refractivity contribution in [2.75, 3.05) is 25.0 Å². The lowest BCUT2D eigenvalue weighted by molar-refractivity contribution is -0.149. The lowest BCUT2D eigenvalue weighted by Gasteiger charge is -2.34. The van der Waals surface area contributed by atoms with Gasteiger partial charge < -0.3 is 10.1 Å². The molecule has 0 saturated carbocycles. The van der Waals surface area contributed by atoms with Crippen molar-refractivity contribution < 1.29 is 27.5 Å². The Bertz CT molecular complexity index is 641. The fourth-order valence-corrected chi connectivity index (χ4v) is 2.97. The van der Waals surface area contributed by atoms with Crippen molar-refractivity contribution in [2.45, 2.75) is 38.9 Å². The second kappa shape index (κ2) is 8.53. The molecule has 0 radical (unpaired) electrons. The zero-order chi connectivity index (χ0) is 19.3. The van der Waals surface area contributed by atoms with Crippen molar-refractivity contribution in [1.82, 2.24) is 4.90 Å². The molecular formula is C18H23F3N2O3. The number of esters is 1. The number of piperidine rings is 1. The monoisotopic (exact) mass is 372 g/mol. The van der Waals surface area contributed by atoms with Gasteiger partial charge in [0.25, 0.3) is 0 Å². The molecule has 1 N–H and O–H groups in total. The lowest BCUT2D eigenvalue weighted by Crippen LogP contribution is -2.47. The van der Waals surface area contributed by atoms with Gasteiger partial charge in [-0.2, -0.15) is 13.2 Å². The van der Waals surface area contributed by atoms with Gasteiger partial charge in [-0.1, -0.05) is 6.07 Å². The third-order valence-electron chi connectivity index (χ3n) is 4.53. The molecule has 1 atom stereocenters. The van der Waals surface area contributed by atoms with Crippen LogP contribution in [-0.4, -0.2) is 42.5 Å². The summed E-state index contributed by atoms with van der Waals surface area (Å²) in [5, 5.41) is 2.53. The molecule has 26 heavy (non-hydrogen) atoms. The smallest absolute Gasteiger partial charge is 0.416 e. The molecule has 1 aliphatic heterocycles. The Morgan fingerprint density at radius 2 is 1.96 bits per heavy atom. The van der Waals surface area contributed by atoms with Crippen LogP contribution in [0.15, 0.2) is 24.3 Å². The molecule has 2 rings (SSSR count). The number of benzene rings is 1. The summed E-state index contributed by atoms with van der Waals surface area (Å²) in [5.41, 5.74) is -0.698. The third kappa shape index (κ3) is 5.20. The third-order valence-corrected chi connectivity index (χ3v) is 4.53. The summed E-state index contributed by atoms with van der Waals surface area (Å²) < 4.78 is 43.3. The first-order valence-corrected chi connectivity index (χ1v) is 8.61. The Balaban J connectivity index is 1.91. The highest BCUT2D eigenvalue weighted by atomic mass is 19.4. The molecule has 0 bridgehead atoms. The maximum atomic E-state index is 12.8. The van der Waals surface area contributed by atoms with Crippen LogP contribution in [0.4, 0.5) is 18.9 Å². The molecule has 1 saturated heterocycles. The molecule has 0 aliphatic carbocycles. The van der Waals surface area contributed by atoms with Gasteiger partial charge in [-0.15, -0.1) is 0 Å². The van der Waals surface area contributed by atoms with Gasteiger partial charge in [0.15, 0.2) is 0 Å². The Labute approximate surface area is 150 Å². The summed E-state index contributed by atoms with van der Waals surface area (Å²) in [6, 6.07) is 4.05. The molecule has 1 fully saturated rings. The quantitative estimate of drug-likeness (QED) is 0.806. The Morgan fingerprint density at radius 1 is 1.31 bits per heavy atom. The van der Waals surface area contributed by atoms with Gasteiger partial charge >= 0.3 is 12.1 Å². The van der Waals surface area contributed by atoms with Crippen LogP contribution in [0.2, 0.25) is 0 Å². The number of halogens is 3. The van der Waals surface area contributed by atoms with Crippen molar-refractivity contribution in [2.24, 2.45) is 5.92 Å². The van der Waals surface area contributed by atoms with E-state index in [0.29, 0.717) is 32.5 Å². The van der Waals surface area contributed by atoms with Crippen LogP contribution in [0.3, 0.4) is 0 Å². The van der Waals surface area contributed by atoms with Crippen molar-refractivity contribution in [3.63, 3.8) is 0 Å². The molecule has 144 valence electrons. The van der Waals surface area contributed by atoms with E-state index in [9.17, 15) is 22.8 Å². The second-order valence-electron chi connectivity index (χ2n) is 6.31. The van der Waals surface area contributed by atoms with Crippen molar-refractivity contribution >= 4 is 17.6 Å². The minimum atomic E-state index is -4.46. The van der Waals surface area contributed by atoms with Crippen LogP contribution in [0.25, 0.3) is 0 Å². The highest BCUT2D eigenvalue weighted by Gasteiger charge is 2.32. The number of nitrogens with zero attached hydrogens (tertiary/aromatic N) is 1. The molecule has 0 unspecified atom stereocenters. The standard InChI is InChI=1S/C18H23F3N2O3/c1-3-26-17(25)13-7-9-23(10-8-13)12(2)16(24)22-15-6-4-5-14(11-15)18(19,20)21/h4-6,11-13H,3,7-10H2,1-2H3,(H,22,24)/t12-/m1/s1. The first-order valence-electron chi connectivity index (χ1n) is 8.61. The average Bonchev–Trinajstić information content (AvgIpc) is 2.61. The number of ether oxygens (including phenoxy) is 1. The summed E-state index contributed by atoms with van der Waals surface area (Å²) in [5.74, 6) is -0.753. The van der Waals surface area contributed by atoms with E-state index in [1.54, 1.807) is 13.8 Å². The average molecular weight is 372 g/mol. The number of carbonyl (C=O) groups is 2. The molecule has 1 amide bonds. The van der Waals surface area contributed by atoms with Crippen LogP contribution >= 0.6 is 0 Å². The SMILES string of the molecule is CCOC(=O)C1CCN([C@H](C)C(=O)Nc2cccc(C(F)(F)F)c2)CC1. The van der Waals surface area contributed by atoms with E-state index in [4.69, 9.17) is 4.74 Å². The zero-order valence-corrected chi connectivity index (χ0v) is 14.8. The van der Waals surface area contributed by atoms with Crippen LogP contribution in [0.1, 0.15) is 32.3 Å². The minimum Gasteiger partial charge on any atom is -0.466 e. The highest BCUT2D eigenvalue weighted by molar-refractivity contribution is 5.94. The topological polar surface area (TPSA) is 58.6 Å². The lowest BCUT2D eigenvalue weighted by atomic mass is 9.96. The molecule has 1 aromatic rings. The number of hydrogen-bond donors (Lipinski definition) is 1. The summed E-state index contributed by atoms with van der Waals surface area (Å²) in [7, 11) is 0. The second-order valence-corrected chi connectivity index (χ2v) is 6.31. The maximum Gasteiger partial charge on any atom is 0.416 e. The van der Waals surface area contributed by atoms with E-state index in [2.05, 4.69) is 5.32 Å². The summed E-state index contributed by atoms with van der Waals surface area (Å²) >= 11 is 0. The Kier molecular flexibility index (Phi) is 6.63. The number of amides is 1. The van der Waals surface area contributed by atoms with Crippen molar-refractivity contribution in [3.05, 3.63) is 29.8 Å². The Morgan fingerprint density at radius 3 is 2.54 bits per heavy atom. The van der Waals surface area contributed by atoms with Crippen LogP contribution in [-0.2, 0) is 20.5 Å².